The maximum Gasteiger partial charge on any atom is 0.307 e. The molecule has 192 valence electrons. The number of carbonyl (C=O) groups excluding carboxylic acids is 1. The molecule has 2 aromatic heterocycles. The molecule has 0 bridgehead atoms. The second kappa shape index (κ2) is 11.6. The Hall–Kier alpha value is -4.62. The SMILES string of the molecule is CC#C[C@@H](CC(=O)OCC)c1ccc(OCc2cc(-c3ccc(C(C)(C)C#N)cc3)cn3ncnc23)cc1. The molecule has 0 radical (unpaired) electrons. The summed E-state index contributed by atoms with van der Waals surface area (Å²) in [6.45, 7) is 8.02. The number of fused-ring (bicyclic) bond motifs is 1. The Kier molecular flexibility index (Phi) is 8.09. The van der Waals surface area contributed by atoms with Gasteiger partial charge in [0.05, 0.1) is 30.4 Å². The fourth-order valence-electron chi connectivity index (χ4n) is 4.17. The molecule has 2 heterocycles. The van der Waals surface area contributed by atoms with Crippen LogP contribution in [0.15, 0.2) is 67.1 Å². The van der Waals surface area contributed by atoms with Crippen LogP contribution in [-0.4, -0.2) is 27.2 Å². The second-order valence-electron chi connectivity index (χ2n) is 9.41. The van der Waals surface area contributed by atoms with E-state index in [4.69, 9.17) is 9.47 Å². The summed E-state index contributed by atoms with van der Waals surface area (Å²) in [4.78, 5) is 16.4. The summed E-state index contributed by atoms with van der Waals surface area (Å²) >= 11 is 0. The molecule has 0 saturated heterocycles. The average molecular weight is 507 g/mol. The molecule has 1 atom stereocenters. The van der Waals surface area contributed by atoms with Gasteiger partial charge >= 0.3 is 5.97 Å². The molecule has 38 heavy (non-hydrogen) atoms. The predicted molar refractivity (Wildman–Crippen MR) is 145 cm³/mol. The lowest BCUT2D eigenvalue weighted by Gasteiger charge is -2.16. The van der Waals surface area contributed by atoms with Crippen molar-refractivity contribution in [3.8, 4) is 34.8 Å². The molecule has 0 unspecified atom stereocenters. The summed E-state index contributed by atoms with van der Waals surface area (Å²) in [5.41, 5.74) is 4.94. The van der Waals surface area contributed by atoms with Gasteiger partial charge in [-0.05, 0) is 62.6 Å². The molecule has 4 rings (SSSR count). The van der Waals surface area contributed by atoms with Crippen molar-refractivity contribution in [2.75, 3.05) is 6.61 Å². The van der Waals surface area contributed by atoms with Gasteiger partial charge in [-0.25, -0.2) is 9.50 Å². The van der Waals surface area contributed by atoms with Crippen LogP contribution in [-0.2, 0) is 21.6 Å². The molecular weight excluding hydrogens is 476 g/mol. The van der Waals surface area contributed by atoms with Gasteiger partial charge < -0.3 is 9.47 Å². The van der Waals surface area contributed by atoms with Gasteiger partial charge in [0.1, 0.15) is 18.7 Å². The number of benzene rings is 2. The molecule has 7 heteroatoms. The van der Waals surface area contributed by atoms with Crippen LogP contribution < -0.4 is 4.74 Å². The number of nitrogens with zero attached hydrogens (tertiary/aromatic N) is 4. The summed E-state index contributed by atoms with van der Waals surface area (Å²) < 4.78 is 12.9. The van der Waals surface area contributed by atoms with Crippen LogP contribution >= 0.6 is 0 Å². The van der Waals surface area contributed by atoms with Crippen molar-refractivity contribution in [3.05, 3.63) is 83.8 Å². The number of carbonyl (C=O) groups is 1. The van der Waals surface area contributed by atoms with Crippen molar-refractivity contribution >= 4 is 11.6 Å². The van der Waals surface area contributed by atoms with Gasteiger partial charge in [-0.3, -0.25) is 4.79 Å². The highest BCUT2D eigenvalue weighted by Crippen LogP contribution is 2.28. The predicted octanol–water partition coefficient (Wildman–Crippen LogP) is 5.84. The lowest BCUT2D eigenvalue weighted by Crippen LogP contribution is -2.13. The molecule has 0 aliphatic carbocycles. The normalized spacial score (nSPS) is 11.8. The first-order valence-electron chi connectivity index (χ1n) is 12.5. The third kappa shape index (κ3) is 6.02. The van der Waals surface area contributed by atoms with Crippen molar-refractivity contribution in [2.24, 2.45) is 0 Å². The van der Waals surface area contributed by atoms with E-state index in [1.807, 2.05) is 68.6 Å². The van der Waals surface area contributed by atoms with Gasteiger partial charge in [0.15, 0.2) is 5.65 Å². The first-order valence-corrected chi connectivity index (χ1v) is 12.5. The number of hydrogen-bond donors (Lipinski definition) is 0. The van der Waals surface area contributed by atoms with Crippen LogP contribution in [0.3, 0.4) is 0 Å². The topological polar surface area (TPSA) is 89.5 Å². The molecule has 0 amide bonds. The van der Waals surface area contributed by atoms with E-state index in [1.165, 1.54) is 6.33 Å². The maximum atomic E-state index is 12.0. The number of hydrogen-bond acceptors (Lipinski definition) is 6. The fraction of sp³-hybridized carbons (Fsp3) is 0.290. The van der Waals surface area contributed by atoms with Gasteiger partial charge in [-0.1, -0.05) is 42.3 Å². The summed E-state index contributed by atoms with van der Waals surface area (Å²) in [6, 6.07) is 20.0. The zero-order chi connectivity index (χ0) is 27.1. The van der Waals surface area contributed by atoms with Gasteiger partial charge in [-0.15, -0.1) is 5.92 Å². The Morgan fingerprint density at radius 1 is 1.11 bits per heavy atom. The molecule has 0 aliphatic heterocycles. The van der Waals surface area contributed by atoms with Crippen LogP contribution in [0.1, 0.15) is 56.7 Å². The zero-order valence-electron chi connectivity index (χ0n) is 22.1. The Balaban J connectivity index is 1.52. The highest BCUT2D eigenvalue weighted by atomic mass is 16.5. The van der Waals surface area contributed by atoms with E-state index >= 15 is 0 Å². The first-order chi connectivity index (χ1) is 18.3. The van der Waals surface area contributed by atoms with Crippen molar-refractivity contribution < 1.29 is 14.3 Å². The average Bonchev–Trinajstić information content (AvgIpc) is 3.41. The molecule has 0 saturated carbocycles. The number of esters is 1. The summed E-state index contributed by atoms with van der Waals surface area (Å²) in [5, 5.41) is 13.8. The molecule has 7 nitrogen and oxygen atoms in total. The maximum absolute atomic E-state index is 12.0. The van der Waals surface area contributed by atoms with E-state index < -0.39 is 5.41 Å². The molecule has 0 spiro atoms. The standard InChI is InChI=1S/C31H30N4O3/c1-5-7-24(17-29(36)37-6-2)22-10-14-28(15-11-22)38-19-26-16-25(18-35-30(26)33-21-34-35)23-8-12-27(13-9-23)31(3,4)20-32/h8-16,18,21,24H,6,17,19H2,1-4H3/t24-/m0/s1. The summed E-state index contributed by atoms with van der Waals surface area (Å²) in [7, 11) is 0. The van der Waals surface area contributed by atoms with Gasteiger partial charge in [0.25, 0.3) is 0 Å². The third-order valence-corrected chi connectivity index (χ3v) is 6.34. The minimum atomic E-state index is -0.551. The number of ether oxygens (including phenoxy) is 2. The summed E-state index contributed by atoms with van der Waals surface area (Å²) in [6.07, 6.45) is 3.67. The molecule has 4 aromatic rings. The Labute approximate surface area is 223 Å². The van der Waals surface area contributed by atoms with Gasteiger partial charge in [0, 0.05) is 17.3 Å². The number of rotatable bonds is 9. The van der Waals surface area contributed by atoms with Crippen LogP contribution in [0.2, 0.25) is 0 Å². The smallest absolute Gasteiger partial charge is 0.307 e. The van der Waals surface area contributed by atoms with E-state index in [1.54, 1.807) is 18.4 Å². The van der Waals surface area contributed by atoms with Crippen molar-refractivity contribution in [2.45, 2.75) is 52.1 Å². The quantitative estimate of drug-likeness (QED) is 0.209. The number of aromatic nitrogens is 3. The van der Waals surface area contributed by atoms with Crippen LogP contribution in [0.4, 0.5) is 0 Å². The Morgan fingerprint density at radius 2 is 1.84 bits per heavy atom. The minimum absolute atomic E-state index is 0.210. The van der Waals surface area contributed by atoms with Crippen molar-refractivity contribution in [1.29, 1.82) is 5.26 Å². The van der Waals surface area contributed by atoms with Crippen molar-refractivity contribution in [1.82, 2.24) is 14.6 Å². The number of nitriles is 1. The summed E-state index contributed by atoms with van der Waals surface area (Å²) in [5.74, 6) is 6.20. The monoisotopic (exact) mass is 506 g/mol. The van der Waals surface area contributed by atoms with E-state index in [0.717, 1.165) is 33.5 Å². The largest absolute Gasteiger partial charge is 0.489 e. The second-order valence-corrected chi connectivity index (χ2v) is 9.41. The first kappa shape index (κ1) is 26.4. The molecular formula is C31H30N4O3. The van der Waals surface area contributed by atoms with Crippen LogP contribution in [0.25, 0.3) is 16.8 Å². The van der Waals surface area contributed by atoms with E-state index in [9.17, 15) is 10.1 Å². The molecule has 0 aliphatic rings. The lowest BCUT2D eigenvalue weighted by molar-refractivity contribution is -0.143. The minimum Gasteiger partial charge on any atom is -0.489 e. The van der Waals surface area contributed by atoms with E-state index in [2.05, 4.69) is 34.1 Å². The molecule has 2 aromatic carbocycles. The highest BCUT2D eigenvalue weighted by Gasteiger charge is 2.20. The third-order valence-electron chi connectivity index (χ3n) is 6.34. The molecule has 0 fully saturated rings. The van der Waals surface area contributed by atoms with Gasteiger partial charge in [0.2, 0.25) is 0 Å². The van der Waals surface area contributed by atoms with Gasteiger partial charge in [-0.2, -0.15) is 10.4 Å². The lowest BCUT2D eigenvalue weighted by atomic mass is 9.85. The number of pyridine rings is 1. The molecule has 0 N–H and O–H groups in total. The van der Waals surface area contributed by atoms with E-state index in [-0.39, 0.29) is 18.3 Å². The highest BCUT2D eigenvalue weighted by molar-refractivity contribution is 5.71. The van der Waals surface area contributed by atoms with E-state index in [0.29, 0.717) is 19.0 Å². The Morgan fingerprint density at radius 3 is 2.50 bits per heavy atom. The fourth-order valence-corrected chi connectivity index (χ4v) is 4.17. The zero-order valence-corrected chi connectivity index (χ0v) is 22.1. The van der Waals surface area contributed by atoms with Crippen LogP contribution in [0, 0.1) is 23.2 Å². The Bertz CT molecular complexity index is 1520. The van der Waals surface area contributed by atoms with Crippen molar-refractivity contribution in [3.63, 3.8) is 0 Å². The van der Waals surface area contributed by atoms with Crippen LogP contribution in [0.5, 0.6) is 5.75 Å².